The average molecular weight is 257 g/mol. The number of pyridine rings is 1. The van der Waals surface area contributed by atoms with Gasteiger partial charge in [0.25, 0.3) is 0 Å². The topological polar surface area (TPSA) is 88.2 Å². The predicted molar refractivity (Wildman–Crippen MR) is 74.8 cm³/mol. The number of nitrogens with two attached hydrogens (primary N) is 1. The smallest absolute Gasteiger partial charge is 0.337 e. The molecule has 0 saturated heterocycles. The minimum absolute atomic E-state index is 0.0859. The first-order valence-corrected chi connectivity index (χ1v) is 5.82. The van der Waals surface area contributed by atoms with E-state index >= 15 is 0 Å². The van der Waals surface area contributed by atoms with Crippen molar-refractivity contribution in [2.24, 2.45) is 0 Å². The summed E-state index contributed by atoms with van der Waals surface area (Å²) in [6, 6.07) is 8.64. The summed E-state index contributed by atoms with van der Waals surface area (Å²) in [5, 5.41) is 12.1. The van der Waals surface area contributed by atoms with Gasteiger partial charge in [0.1, 0.15) is 0 Å². The number of carboxylic acids is 1. The fraction of sp³-hybridized carbons (Fsp3) is 0.143. The maximum absolute atomic E-state index is 11.0. The summed E-state index contributed by atoms with van der Waals surface area (Å²) in [6.07, 6.45) is 0. The Morgan fingerprint density at radius 2 is 1.95 bits per heavy atom. The van der Waals surface area contributed by atoms with Gasteiger partial charge in [0.2, 0.25) is 0 Å². The Hall–Kier alpha value is -2.56. The van der Waals surface area contributed by atoms with Crippen LogP contribution < -0.4 is 11.1 Å². The average Bonchev–Trinajstić information content (AvgIpc) is 2.34. The van der Waals surface area contributed by atoms with Gasteiger partial charge < -0.3 is 16.2 Å². The highest BCUT2D eigenvalue weighted by molar-refractivity contribution is 5.97. The van der Waals surface area contributed by atoms with Crippen molar-refractivity contribution in [3.63, 3.8) is 0 Å². The van der Waals surface area contributed by atoms with Crippen molar-refractivity contribution in [1.82, 2.24) is 4.98 Å². The lowest BCUT2D eigenvalue weighted by molar-refractivity contribution is 0.0698. The third-order valence-electron chi connectivity index (χ3n) is 2.83. The summed E-state index contributed by atoms with van der Waals surface area (Å²) in [6.45, 7) is 3.79. The van der Waals surface area contributed by atoms with Crippen molar-refractivity contribution in [1.29, 1.82) is 0 Å². The van der Waals surface area contributed by atoms with Gasteiger partial charge in [-0.2, -0.15) is 0 Å². The lowest BCUT2D eigenvalue weighted by atomic mass is 10.1. The van der Waals surface area contributed by atoms with Crippen molar-refractivity contribution in [3.05, 3.63) is 47.3 Å². The molecular formula is C14H15N3O2. The Morgan fingerprint density at radius 3 is 2.58 bits per heavy atom. The molecule has 5 heteroatoms. The number of nitrogens with zero attached hydrogens (tertiary/aromatic N) is 1. The van der Waals surface area contributed by atoms with Crippen molar-refractivity contribution in [3.8, 4) is 0 Å². The molecular weight excluding hydrogens is 242 g/mol. The molecule has 0 aliphatic heterocycles. The van der Waals surface area contributed by atoms with Crippen molar-refractivity contribution < 1.29 is 9.90 Å². The second-order valence-electron chi connectivity index (χ2n) is 4.28. The van der Waals surface area contributed by atoms with Gasteiger partial charge in [-0.25, -0.2) is 4.79 Å². The lowest BCUT2D eigenvalue weighted by Gasteiger charge is -2.13. The van der Waals surface area contributed by atoms with Crippen LogP contribution in [0.3, 0.4) is 0 Å². The Morgan fingerprint density at radius 1 is 1.21 bits per heavy atom. The molecule has 0 radical (unpaired) electrons. The van der Waals surface area contributed by atoms with Gasteiger partial charge in [0, 0.05) is 5.69 Å². The standard InChI is InChI=1S/C14H15N3O2/c1-8-6-7-11(9(2)16-8)17-12-5-3-4-10(13(12)15)14(18)19/h3-7,17H,15H2,1-2H3,(H,18,19). The maximum atomic E-state index is 11.0. The number of aromatic nitrogens is 1. The van der Waals surface area contributed by atoms with Crippen LogP contribution >= 0.6 is 0 Å². The third-order valence-corrected chi connectivity index (χ3v) is 2.83. The van der Waals surface area contributed by atoms with Crippen LogP contribution in [0.2, 0.25) is 0 Å². The van der Waals surface area contributed by atoms with Crippen LogP contribution in [0.4, 0.5) is 17.1 Å². The summed E-state index contributed by atoms with van der Waals surface area (Å²) in [4.78, 5) is 15.4. The first kappa shape index (κ1) is 12.9. The Labute approximate surface area is 111 Å². The molecule has 2 rings (SSSR count). The molecule has 1 heterocycles. The van der Waals surface area contributed by atoms with E-state index in [1.165, 1.54) is 6.07 Å². The molecule has 0 saturated carbocycles. The molecule has 5 nitrogen and oxygen atoms in total. The number of carboxylic acid groups (broad SMARTS) is 1. The highest BCUT2D eigenvalue weighted by Gasteiger charge is 2.11. The fourth-order valence-corrected chi connectivity index (χ4v) is 1.82. The number of hydrogen-bond acceptors (Lipinski definition) is 4. The van der Waals surface area contributed by atoms with Gasteiger partial charge in [-0.3, -0.25) is 4.98 Å². The number of rotatable bonds is 3. The normalized spacial score (nSPS) is 10.2. The van der Waals surface area contributed by atoms with E-state index in [9.17, 15) is 4.79 Å². The number of nitrogen functional groups attached to an aromatic ring is 1. The Bertz CT molecular complexity index is 639. The highest BCUT2D eigenvalue weighted by Crippen LogP contribution is 2.27. The molecule has 2 aromatic rings. The van der Waals surface area contributed by atoms with Crippen LogP contribution in [-0.4, -0.2) is 16.1 Å². The fourth-order valence-electron chi connectivity index (χ4n) is 1.82. The first-order valence-electron chi connectivity index (χ1n) is 5.82. The molecule has 0 bridgehead atoms. The number of aryl methyl sites for hydroxylation is 2. The van der Waals surface area contributed by atoms with Crippen LogP contribution in [0.5, 0.6) is 0 Å². The summed E-state index contributed by atoms with van der Waals surface area (Å²) in [7, 11) is 0. The van der Waals surface area contributed by atoms with Crippen LogP contribution in [-0.2, 0) is 0 Å². The molecule has 1 aromatic heterocycles. The van der Waals surface area contributed by atoms with Crippen molar-refractivity contribution in [2.45, 2.75) is 13.8 Å². The number of nitrogens with one attached hydrogen (secondary N) is 1. The predicted octanol–water partition coefficient (Wildman–Crippen LogP) is 2.72. The van der Waals surface area contributed by atoms with Gasteiger partial charge in [0.05, 0.1) is 28.3 Å². The van der Waals surface area contributed by atoms with E-state index in [4.69, 9.17) is 10.8 Å². The minimum atomic E-state index is -1.04. The molecule has 98 valence electrons. The number of para-hydroxylation sites is 1. The largest absolute Gasteiger partial charge is 0.478 e. The summed E-state index contributed by atoms with van der Waals surface area (Å²) >= 11 is 0. The minimum Gasteiger partial charge on any atom is -0.478 e. The molecule has 0 spiro atoms. The number of hydrogen-bond donors (Lipinski definition) is 3. The van der Waals surface area contributed by atoms with E-state index in [1.54, 1.807) is 12.1 Å². The SMILES string of the molecule is Cc1ccc(Nc2cccc(C(=O)O)c2N)c(C)n1. The lowest BCUT2D eigenvalue weighted by Crippen LogP contribution is -2.06. The number of carbonyl (C=O) groups is 1. The second-order valence-corrected chi connectivity index (χ2v) is 4.28. The summed E-state index contributed by atoms with van der Waals surface area (Å²) in [5.41, 5.74) is 9.28. The van der Waals surface area contributed by atoms with Crippen LogP contribution in [0, 0.1) is 13.8 Å². The Kier molecular flexibility index (Phi) is 3.37. The van der Waals surface area contributed by atoms with E-state index in [0.29, 0.717) is 5.69 Å². The van der Waals surface area contributed by atoms with Gasteiger partial charge >= 0.3 is 5.97 Å². The zero-order valence-corrected chi connectivity index (χ0v) is 10.8. The molecule has 0 unspecified atom stereocenters. The number of aromatic carboxylic acids is 1. The van der Waals surface area contributed by atoms with Crippen molar-refractivity contribution >= 4 is 23.0 Å². The monoisotopic (exact) mass is 257 g/mol. The summed E-state index contributed by atoms with van der Waals surface area (Å²) in [5.74, 6) is -1.04. The zero-order valence-electron chi connectivity index (χ0n) is 10.8. The summed E-state index contributed by atoms with van der Waals surface area (Å²) < 4.78 is 0. The molecule has 0 aliphatic rings. The maximum Gasteiger partial charge on any atom is 0.337 e. The second kappa shape index (κ2) is 4.97. The number of anilines is 3. The van der Waals surface area contributed by atoms with Crippen LogP contribution in [0.15, 0.2) is 30.3 Å². The Balaban J connectivity index is 2.38. The van der Waals surface area contributed by atoms with E-state index in [-0.39, 0.29) is 11.3 Å². The highest BCUT2D eigenvalue weighted by atomic mass is 16.4. The quantitative estimate of drug-likeness (QED) is 0.736. The zero-order chi connectivity index (χ0) is 14.0. The molecule has 0 aliphatic carbocycles. The molecule has 0 atom stereocenters. The van der Waals surface area contributed by atoms with E-state index in [1.807, 2.05) is 26.0 Å². The first-order chi connectivity index (χ1) is 8.99. The van der Waals surface area contributed by atoms with Gasteiger partial charge in [-0.1, -0.05) is 6.07 Å². The third kappa shape index (κ3) is 2.65. The van der Waals surface area contributed by atoms with Gasteiger partial charge in [-0.15, -0.1) is 0 Å². The van der Waals surface area contributed by atoms with E-state index in [0.717, 1.165) is 17.1 Å². The van der Waals surface area contributed by atoms with E-state index < -0.39 is 5.97 Å². The molecule has 1 aromatic carbocycles. The molecule has 19 heavy (non-hydrogen) atoms. The van der Waals surface area contributed by atoms with Gasteiger partial charge in [0.15, 0.2) is 0 Å². The molecule has 0 fully saturated rings. The van der Waals surface area contributed by atoms with Gasteiger partial charge in [-0.05, 0) is 38.1 Å². The van der Waals surface area contributed by atoms with Crippen molar-refractivity contribution in [2.75, 3.05) is 11.1 Å². The van der Waals surface area contributed by atoms with E-state index in [2.05, 4.69) is 10.3 Å². The van der Waals surface area contributed by atoms with Crippen LogP contribution in [0.25, 0.3) is 0 Å². The number of benzene rings is 1. The molecule has 0 amide bonds. The van der Waals surface area contributed by atoms with Crippen LogP contribution in [0.1, 0.15) is 21.7 Å². The molecule has 4 N–H and O–H groups in total.